The minimum absolute atomic E-state index is 0.133. The Labute approximate surface area is 256 Å². The number of nitrogens with zero attached hydrogens (tertiary/aromatic N) is 2. The molecule has 0 aliphatic rings. The van der Waals surface area contributed by atoms with Gasteiger partial charge < -0.3 is 36.1 Å². The summed E-state index contributed by atoms with van der Waals surface area (Å²) in [5.74, 6) is -3.28. The number of rotatable bonds is 10. The molecule has 0 saturated heterocycles. The van der Waals surface area contributed by atoms with Crippen molar-refractivity contribution in [2.75, 3.05) is 37.1 Å². The molecule has 0 fully saturated rings. The molecule has 14 heteroatoms. The molecule has 3 aromatic carbocycles. The number of carbonyl (C=O) groups excluding carboxylic acids is 3. The quantitative estimate of drug-likeness (QED) is 0.142. The summed E-state index contributed by atoms with van der Waals surface area (Å²) in [7, 11) is 3.13. The fourth-order valence-corrected chi connectivity index (χ4v) is 4.34. The van der Waals surface area contributed by atoms with Crippen molar-refractivity contribution in [1.29, 1.82) is 0 Å². The average molecular weight is 625 g/mol. The van der Waals surface area contributed by atoms with Crippen LogP contribution in [0, 0.1) is 0 Å². The van der Waals surface area contributed by atoms with Gasteiger partial charge in [0.2, 0.25) is 0 Å². The van der Waals surface area contributed by atoms with Crippen molar-refractivity contribution < 1.29 is 37.0 Å². The minimum atomic E-state index is -5.44. The van der Waals surface area contributed by atoms with Gasteiger partial charge in [0.15, 0.2) is 0 Å². The van der Waals surface area contributed by atoms with Crippen molar-refractivity contribution in [3.63, 3.8) is 0 Å². The van der Waals surface area contributed by atoms with Crippen LogP contribution in [0.5, 0.6) is 5.75 Å². The Morgan fingerprint density at radius 3 is 2.42 bits per heavy atom. The number of ether oxygens (including phenoxy) is 2. The second-order valence-electron chi connectivity index (χ2n) is 9.99. The summed E-state index contributed by atoms with van der Waals surface area (Å²) in [5.41, 5.74) is 4.11. The lowest BCUT2D eigenvalue weighted by Gasteiger charge is -2.34. The molecule has 5 N–H and O–H groups in total. The van der Waals surface area contributed by atoms with Gasteiger partial charge in [-0.15, -0.1) is 0 Å². The number of carbonyl (C=O) groups is 3. The molecule has 4 rings (SSSR count). The first-order valence-electron chi connectivity index (χ1n) is 13.6. The summed E-state index contributed by atoms with van der Waals surface area (Å²) in [4.78, 5) is 43.9. The molecule has 0 aliphatic carbocycles. The number of hydrogen-bond acceptors (Lipinski definition) is 8. The van der Waals surface area contributed by atoms with Gasteiger partial charge in [0.1, 0.15) is 11.6 Å². The molecule has 1 atom stereocenters. The molecule has 0 saturated carbocycles. The van der Waals surface area contributed by atoms with Gasteiger partial charge in [0.05, 0.1) is 6.61 Å². The number of benzene rings is 3. The van der Waals surface area contributed by atoms with Crippen LogP contribution in [0.1, 0.15) is 18.1 Å². The van der Waals surface area contributed by atoms with Gasteiger partial charge in [0.25, 0.3) is 11.6 Å². The van der Waals surface area contributed by atoms with E-state index in [1.165, 1.54) is 41.4 Å². The zero-order valence-corrected chi connectivity index (χ0v) is 24.6. The molecular weight excluding hydrogens is 593 g/mol. The Bertz CT molecular complexity index is 1710. The number of halogens is 3. The lowest BCUT2D eigenvalue weighted by atomic mass is 9.99. The van der Waals surface area contributed by atoms with E-state index in [-0.39, 0.29) is 42.0 Å². The van der Waals surface area contributed by atoms with Crippen LogP contribution in [0.2, 0.25) is 0 Å². The predicted molar refractivity (Wildman–Crippen MR) is 162 cm³/mol. The van der Waals surface area contributed by atoms with E-state index in [1.807, 2.05) is 0 Å². The first kappa shape index (κ1) is 32.4. The number of esters is 1. The number of anilines is 3. The second kappa shape index (κ2) is 13.4. The zero-order valence-electron chi connectivity index (χ0n) is 24.6. The van der Waals surface area contributed by atoms with Crippen LogP contribution in [0.4, 0.5) is 35.2 Å². The van der Waals surface area contributed by atoms with E-state index in [1.54, 1.807) is 63.5 Å². The lowest BCUT2D eigenvalue weighted by Crippen LogP contribution is -2.54. The molecule has 1 unspecified atom stereocenters. The molecule has 236 valence electrons. The number of aromatic nitrogens is 1. The van der Waals surface area contributed by atoms with Gasteiger partial charge in [-0.05, 0) is 66.4 Å². The number of alkyl halides is 3. The molecule has 0 spiro atoms. The number of pyridine rings is 1. The Hall–Kier alpha value is -5.53. The summed E-state index contributed by atoms with van der Waals surface area (Å²) in [6.45, 7) is 1.72. The van der Waals surface area contributed by atoms with E-state index in [0.29, 0.717) is 22.0 Å². The predicted octanol–water partition coefficient (Wildman–Crippen LogP) is 5.00. The largest absolute Gasteiger partial charge is 0.494 e. The smallest absolute Gasteiger partial charge is 0.491 e. The Morgan fingerprint density at radius 2 is 1.71 bits per heavy atom. The summed E-state index contributed by atoms with van der Waals surface area (Å²) < 4.78 is 51.7. The third-order valence-electron chi connectivity index (χ3n) is 6.50. The van der Waals surface area contributed by atoms with Gasteiger partial charge in [-0.25, -0.2) is 14.6 Å². The van der Waals surface area contributed by atoms with E-state index in [9.17, 15) is 27.6 Å². The SMILES string of the molecule is CCOc1cccc(C(Nc2ccc3c(N)nccc3c2)(OC(=O)C(F)(F)F)C(=O)NCc2cccc(NC(=O)N(C)C)c2)c1. The van der Waals surface area contributed by atoms with E-state index in [0.717, 1.165) is 0 Å². The highest BCUT2D eigenvalue weighted by Crippen LogP contribution is 2.35. The normalized spacial score (nSPS) is 12.5. The Balaban J connectivity index is 1.79. The number of amides is 3. The molecule has 0 bridgehead atoms. The number of fused-ring (bicyclic) bond motifs is 1. The van der Waals surface area contributed by atoms with Crippen LogP contribution in [-0.2, 0) is 26.6 Å². The van der Waals surface area contributed by atoms with Crippen LogP contribution in [0.25, 0.3) is 10.8 Å². The third-order valence-corrected chi connectivity index (χ3v) is 6.50. The van der Waals surface area contributed by atoms with E-state index >= 15 is 0 Å². The van der Waals surface area contributed by atoms with Crippen molar-refractivity contribution in [2.45, 2.75) is 25.4 Å². The molecule has 0 radical (unpaired) electrons. The molecule has 45 heavy (non-hydrogen) atoms. The van der Waals surface area contributed by atoms with Gasteiger partial charge in [-0.2, -0.15) is 13.2 Å². The number of nitrogens with two attached hydrogens (primary N) is 1. The van der Waals surface area contributed by atoms with Crippen LogP contribution >= 0.6 is 0 Å². The first-order chi connectivity index (χ1) is 21.3. The number of hydrogen-bond donors (Lipinski definition) is 4. The lowest BCUT2D eigenvalue weighted by molar-refractivity contribution is -0.213. The highest BCUT2D eigenvalue weighted by atomic mass is 19.4. The molecule has 0 aliphatic heterocycles. The summed E-state index contributed by atoms with van der Waals surface area (Å²) >= 11 is 0. The standard InChI is InChI=1S/C31H31F3N6O5/c1-4-44-24-10-6-8-21(17-24)30(45-28(42)31(32,33)34,39-23-11-12-25-20(16-23)13-14-36-26(25)35)27(41)37-18-19-7-5-9-22(15-19)38-29(43)40(2)3/h5-17,39H,4,18H2,1-3H3,(H2,35,36)(H,37,41)(H,38,43). The highest BCUT2D eigenvalue weighted by Gasteiger charge is 2.52. The maximum absolute atomic E-state index is 14.1. The van der Waals surface area contributed by atoms with E-state index in [2.05, 4.69) is 20.9 Å². The van der Waals surface area contributed by atoms with Crippen LogP contribution in [0.15, 0.2) is 79.0 Å². The van der Waals surface area contributed by atoms with Crippen LogP contribution in [-0.4, -0.2) is 54.7 Å². The molecular formula is C31H31F3N6O5. The molecule has 3 amide bonds. The van der Waals surface area contributed by atoms with Gasteiger partial charge in [-0.1, -0.05) is 24.3 Å². The van der Waals surface area contributed by atoms with E-state index in [4.69, 9.17) is 15.2 Å². The van der Waals surface area contributed by atoms with Crippen molar-refractivity contribution in [3.8, 4) is 5.75 Å². The molecule has 1 aromatic heterocycles. The monoisotopic (exact) mass is 624 g/mol. The van der Waals surface area contributed by atoms with Crippen LogP contribution in [0.3, 0.4) is 0 Å². The maximum Gasteiger partial charge on any atom is 0.491 e. The van der Waals surface area contributed by atoms with Gasteiger partial charge in [-0.3, -0.25) is 4.79 Å². The summed E-state index contributed by atoms with van der Waals surface area (Å²) in [6.07, 6.45) is -3.99. The van der Waals surface area contributed by atoms with Crippen molar-refractivity contribution >= 4 is 45.9 Å². The topological polar surface area (TPSA) is 148 Å². The number of nitrogens with one attached hydrogen (secondary N) is 3. The Kier molecular flexibility index (Phi) is 9.65. The summed E-state index contributed by atoms with van der Waals surface area (Å²) in [6, 6.07) is 17.9. The van der Waals surface area contributed by atoms with Crippen molar-refractivity contribution in [1.82, 2.24) is 15.2 Å². The molecule has 11 nitrogen and oxygen atoms in total. The van der Waals surface area contributed by atoms with Gasteiger partial charge >= 0.3 is 18.2 Å². The second-order valence-corrected chi connectivity index (χ2v) is 9.99. The van der Waals surface area contributed by atoms with Crippen molar-refractivity contribution in [3.05, 3.63) is 90.1 Å². The highest BCUT2D eigenvalue weighted by molar-refractivity contribution is 5.96. The van der Waals surface area contributed by atoms with Gasteiger partial charge in [0, 0.05) is 49.2 Å². The maximum atomic E-state index is 14.1. The fraction of sp³-hybridized carbons (Fsp3) is 0.226. The van der Waals surface area contributed by atoms with Crippen LogP contribution < -0.4 is 26.4 Å². The minimum Gasteiger partial charge on any atom is -0.494 e. The molecule has 1 heterocycles. The zero-order chi connectivity index (χ0) is 32.8. The number of nitrogen functional groups attached to an aromatic ring is 1. The number of urea groups is 1. The Morgan fingerprint density at radius 1 is 0.956 bits per heavy atom. The summed E-state index contributed by atoms with van der Waals surface area (Å²) in [5, 5.41) is 9.12. The van der Waals surface area contributed by atoms with Crippen molar-refractivity contribution in [2.24, 2.45) is 0 Å². The third kappa shape index (κ3) is 7.71. The molecule has 4 aromatic rings. The average Bonchev–Trinajstić information content (AvgIpc) is 2.99. The fourth-order valence-electron chi connectivity index (χ4n) is 4.34. The van der Waals surface area contributed by atoms with E-state index < -0.39 is 23.8 Å². The first-order valence-corrected chi connectivity index (χ1v) is 13.6.